The van der Waals surface area contributed by atoms with Gasteiger partial charge in [-0.25, -0.2) is 22.0 Å². The van der Waals surface area contributed by atoms with E-state index in [2.05, 4.69) is 4.94 Å². The Labute approximate surface area is 178 Å². The fraction of sp³-hybridized carbons (Fsp3) is 0.300. The zero-order valence-electron chi connectivity index (χ0n) is 16.5. The maximum atomic E-state index is 14.1. The van der Waals surface area contributed by atoms with Gasteiger partial charge in [-0.15, -0.1) is 11.8 Å². The van der Waals surface area contributed by atoms with Crippen molar-refractivity contribution in [3.8, 4) is 5.75 Å². The molecule has 3 rings (SSSR count). The average molecular weight is 468 g/mol. The van der Waals surface area contributed by atoms with Gasteiger partial charge in [-0.3, -0.25) is 14.5 Å². The highest BCUT2D eigenvalue weighted by atomic mass is 32.2. The molecule has 0 spiro atoms. The highest BCUT2D eigenvalue weighted by Crippen LogP contribution is 2.41. The Morgan fingerprint density at radius 1 is 1.10 bits per heavy atom. The van der Waals surface area contributed by atoms with Crippen LogP contribution in [0, 0.1) is 17.5 Å². The van der Waals surface area contributed by atoms with Gasteiger partial charge in [0.1, 0.15) is 5.56 Å². The van der Waals surface area contributed by atoms with Gasteiger partial charge in [-0.1, -0.05) is 32.0 Å². The number of carbonyl (C=O) groups excluding carboxylic acids is 2. The Morgan fingerprint density at radius 3 is 2.19 bits per heavy atom. The third-order valence-electron chi connectivity index (χ3n) is 3.97. The summed E-state index contributed by atoms with van der Waals surface area (Å²) in [6, 6.07) is 6.34. The van der Waals surface area contributed by atoms with Crippen LogP contribution in [0.15, 0.2) is 29.2 Å². The molecule has 2 aromatic carbocycles. The lowest BCUT2D eigenvalue weighted by atomic mass is 9.98. The number of alkyl halides is 2. The van der Waals surface area contributed by atoms with Crippen molar-refractivity contribution in [2.24, 2.45) is 0 Å². The largest absolute Gasteiger partial charge is 0.400 e. The van der Waals surface area contributed by atoms with Crippen LogP contribution < -0.4 is 4.94 Å². The number of rotatable bonds is 5. The summed E-state index contributed by atoms with van der Waals surface area (Å²) in [5, 5.41) is 5.96. The number of hydrogen-bond donors (Lipinski definition) is 1. The number of carbonyl (C=O) groups is 2. The van der Waals surface area contributed by atoms with Gasteiger partial charge < -0.3 is 5.11 Å². The maximum absolute atomic E-state index is 14.1. The van der Waals surface area contributed by atoms with Gasteiger partial charge in [0.25, 0.3) is 6.43 Å². The van der Waals surface area contributed by atoms with Crippen LogP contribution in [0.1, 0.15) is 53.0 Å². The minimum atomic E-state index is -3.81. The van der Waals surface area contributed by atoms with E-state index in [0.717, 1.165) is 18.9 Å². The normalized spacial score (nSPS) is 14.3. The van der Waals surface area contributed by atoms with E-state index < -0.39 is 64.0 Å². The van der Waals surface area contributed by atoms with Crippen molar-refractivity contribution in [2.75, 3.05) is 7.11 Å². The molecule has 170 valence electrons. The summed E-state index contributed by atoms with van der Waals surface area (Å²) in [4.78, 5) is 28.2. The third kappa shape index (κ3) is 5.21. The molecule has 0 bridgehead atoms. The number of Topliss-reactive ketones (excluding diaryl/α,β-unsaturated/α-hetero) is 2. The van der Waals surface area contributed by atoms with Crippen LogP contribution in [-0.4, -0.2) is 29.0 Å². The lowest BCUT2D eigenvalue weighted by molar-refractivity contribution is -0.0132. The molecule has 1 aliphatic heterocycles. The summed E-state index contributed by atoms with van der Waals surface area (Å²) in [6.45, 7) is 4.00. The van der Waals surface area contributed by atoms with Crippen molar-refractivity contribution in [2.45, 2.75) is 36.8 Å². The minimum Gasteiger partial charge on any atom is -0.400 e. The smallest absolute Gasteiger partial charge is 0.269 e. The molecule has 4 nitrogen and oxygen atoms in total. The fourth-order valence-corrected chi connectivity index (χ4v) is 3.96. The molecule has 0 aliphatic carbocycles. The zero-order valence-corrected chi connectivity index (χ0v) is 17.3. The van der Waals surface area contributed by atoms with E-state index in [-0.39, 0.29) is 0 Å². The van der Waals surface area contributed by atoms with Gasteiger partial charge in [0, 0.05) is 28.5 Å². The molecule has 1 unspecified atom stereocenters. The van der Waals surface area contributed by atoms with E-state index >= 15 is 0 Å². The van der Waals surface area contributed by atoms with Crippen molar-refractivity contribution in [3.05, 3.63) is 58.4 Å². The summed E-state index contributed by atoms with van der Waals surface area (Å²) >= 11 is 0.968. The molecule has 11 heteroatoms. The Morgan fingerprint density at radius 2 is 1.68 bits per heavy atom. The Bertz CT molecular complexity index is 952. The van der Waals surface area contributed by atoms with Crippen molar-refractivity contribution >= 4 is 23.3 Å². The zero-order chi connectivity index (χ0) is 23.9. The number of fused-ring (bicyclic) bond motifs is 1. The SMILES string of the molecule is CC.CO.O=C(CC1Sc2ccccc2C1=O)c1c(F)c(F)c(C(F)F)c(F)c1OF. The van der Waals surface area contributed by atoms with Gasteiger partial charge in [0.15, 0.2) is 29.0 Å². The first-order valence-corrected chi connectivity index (χ1v) is 9.70. The average Bonchev–Trinajstić information content (AvgIpc) is 3.08. The molecule has 1 atom stereocenters. The predicted octanol–water partition coefficient (Wildman–Crippen LogP) is 5.87. The molecule has 0 amide bonds. The predicted molar refractivity (Wildman–Crippen MR) is 102 cm³/mol. The molecule has 0 saturated carbocycles. The molecule has 0 radical (unpaired) electrons. The summed E-state index contributed by atoms with van der Waals surface area (Å²) in [7, 11) is 1.00. The maximum Gasteiger partial charge on any atom is 0.269 e. The van der Waals surface area contributed by atoms with Gasteiger partial charge in [0.2, 0.25) is 5.75 Å². The van der Waals surface area contributed by atoms with Crippen LogP contribution in [0.2, 0.25) is 0 Å². The van der Waals surface area contributed by atoms with Crippen LogP contribution >= 0.6 is 11.8 Å². The first kappa shape index (κ1) is 26.5. The lowest BCUT2D eigenvalue weighted by Gasteiger charge is -2.13. The Kier molecular flexibility index (Phi) is 10.0. The summed E-state index contributed by atoms with van der Waals surface area (Å²) in [6.07, 6.45) is -4.54. The third-order valence-corrected chi connectivity index (χ3v) is 5.25. The number of aliphatic hydroxyl groups is 1. The van der Waals surface area contributed by atoms with Gasteiger partial charge >= 0.3 is 0 Å². The van der Waals surface area contributed by atoms with Gasteiger partial charge in [0.05, 0.1) is 10.8 Å². The highest BCUT2D eigenvalue weighted by Gasteiger charge is 2.38. The molecule has 1 heterocycles. The molecule has 1 N–H and O–H groups in total. The molecular formula is C20H18F6O4S. The second kappa shape index (κ2) is 11.8. The minimum absolute atomic E-state index is 0.313. The van der Waals surface area contributed by atoms with Crippen LogP contribution in [0.3, 0.4) is 0 Å². The fourth-order valence-electron chi connectivity index (χ4n) is 2.73. The van der Waals surface area contributed by atoms with E-state index in [1.807, 2.05) is 13.8 Å². The molecule has 1 aliphatic rings. The number of halogens is 6. The van der Waals surface area contributed by atoms with E-state index in [1.54, 1.807) is 18.2 Å². The van der Waals surface area contributed by atoms with Crippen molar-refractivity contribution < 1.29 is 46.1 Å². The monoisotopic (exact) mass is 468 g/mol. The molecule has 2 aromatic rings. The Balaban J connectivity index is 0.00000113. The molecular weight excluding hydrogens is 450 g/mol. The lowest BCUT2D eigenvalue weighted by Crippen LogP contribution is -2.19. The van der Waals surface area contributed by atoms with Crippen LogP contribution in [0.5, 0.6) is 5.75 Å². The topological polar surface area (TPSA) is 63.6 Å². The van der Waals surface area contributed by atoms with Crippen LogP contribution in [0.25, 0.3) is 0 Å². The number of benzene rings is 2. The van der Waals surface area contributed by atoms with Crippen LogP contribution in [0.4, 0.5) is 26.5 Å². The van der Waals surface area contributed by atoms with E-state index in [1.165, 1.54) is 6.07 Å². The number of hydrogen-bond acceptors (Lipinski definition) is 5. The van der Waals surface area contributed by atoms with Crippen molar-refractivity contribution in [3.63, 3.8) is 0 Å². The van der Waals surface area contributed by atoms with Gasteiger partial charge in [-0.05, 0) is 6.07 Å². The van der Waals surface area contributed by atoms with E-state index in [0.29, 0.717) is 10.5 Å². The van der Waals surface area contributed by atoms with Crippen molar-refractivity contribution in [1.82, 2.24) is 0 Å². The highest BCUT2D eigenvalue weighted by molar-refractivity contribution is 8.01. The van der Waals surface area contributed by atoms with E-state index in [4.69, 9.17) is 5.11 Å². The molecule has 0 aromatic heterocycles. The molecule has 0 fully saturated rings. The number of thioether (sulfide) groups is 1. The first-order chi connectivity index (χ1) is 14.8. The summed E-state index contributed by atoms with van der Waals surface area (Å²) in [5.41, 5.74) is -3.23. The second-order valence-corrected chi connectivity index (χ2v) is 6.78. The van der Waals surface area contributed by atoms with Gasteiger partial charge in [-0.2, -0.15) is 0 Å². The van der Waals surface area contributed by atoms with Crippen molar-refractivity contribution in [1.29, 1.82) is 0 Å². The first-order valence-electron chi connectivity index (χ1n) is 8.82. The molecule has 0 saturated heterocycles. The van der Waals surface area contributed by atoms with E-state index in [9.17, 15) is 36.1 Å². The standard InChI is InChI=1S/C17H8F6O3S.C2H6.CH4O/c18-12-10(16(26-23)14(20)11(13(12)19)17(21)22)7(24)5-9-15(25)6-3-1-2-4-8(6)27-9;2*1-2/h1-4,9,17H,5H2;1-2H3;2H,1H3. The number of ketones is 2. The number of aliphatic hydroxyl groups excluding tert-OH is 1. The quantitative estimate of drug-likeness (QED) is 0.338. The Hall–Kier alpha value is -2.53. The molecule has 31 heavy (non-hydrogen) atoms. The summed E-state index contributed by atoms with van der Waals surface area (Å²) in [5.74, 6) is -10.3. The second-order valence-electron chi connectivity index (χ2n) is 5.53. The summed E-state index contributed by atoms with van der Waals surface area (Å²) < 4.78 is 79.8. The van der Waals surface area contributed by atoms with Crippen LogP contribution in [-0.2, 0) is 0 Å².